The van der Waals surface area contributed by atoms with E-state index in [1.54, 1.807) is 16.7 Å². The molecular weight excluding hydrogens is 552 g/mol. The quantitative estimate of drug-likeness (QED) is 0.252. The number of hydrogen-bond acceptors (Lipinski definition) is 4. The number of thiazole rings is 1. The molecule has 3 aromatic carbocycles. The summed E-state index contributed by atoms with van der Waals surface area (Å²) < 4.78 is 4.37. The van der Waals surface area contributed by atoms with Gasteiger partial charge in [0.2, 0.25) is 0 Å². The number of anilines is 1. The van der Waals surface area contributed by atoms with E-state index in [0.29, 0.717) is 37.9 Å². The van der Waals surface area contributed by atoms with Gasteiger partial charge >= 0.3 is 0 Å². The fourth-order valence-corrected chi connectivity index (χ4v) is 6.58. The lowest BCUT2D eigenvalue weighted by atomic mass is 9.95. The predicted octanol–water partition coefficient (Wildman–Crippen LogP) is 5.98. The Morgan fingerprint density at radius 3 is 2.49 bits per heavy atom. The largest absolute Gasteiger partial charge is 0.340 e. The monoisotopic (exact) mass is 578 g/mol. The molecule has 0 fully saturated rings. The van der Waals surface area contributed by atoms with Crippen molar-refractivity contribution in [1.29, 1.82) is 0 Å². The molecule has 8 heteroatoms. The molecule has 2 aromatic heterocycles. The van der Waals surface area contributed by atoms with Crippen LogP contribution in [0.4, 0.5) is 5.69 Å². The Kier molecular flexibility index (Phi) is 7.07. The first kappa shape index (κ1) is 26.7. The molecule has 1 N–H and O–H groups in total. The molecule has 0 saturated heterocycles. The van der Waals surface area contributed by atoms with Crippen molar-refractivity contribution in [2.75, 3.05) is 5.32 Å². The van der Waals surface area contributed by atoms with Crippen molar-refractivity contribution >= 4 is 51.5 Å². The maximum atomic E-state index is 14.2. The molecule has 1 atom stereocenters. The number of allylic oxidation sites excluding steroid dienone is 2. The van der Waals surface area contributed by atoms with Gasteiger partial charge in [0, 0.05) is 39.4 Å². The molecule has 1 amide bonds. The fourth-order valence-electron chi connectivity index (χ4n) is 5.43. The van der Waals surface area contributed by atoms with E-state index >= 15 is 0 Å². The Morgan fingerprint density at radius 2 is 1.76 bits per heavy atom. The van der Waals surface area contributed by atoms with Crippen molar-refractivity contribution in [1.82, 2.24) is 9.13 Å². The smallest absolute Gasteiger partial charge is 0.271 e. The molecule has 0 saturated carbocycles. The number of nitrogens with zero attached hydrogens (tertiary/aromatic N) is 3. The average Bonchev–Trinajstić information content (AvgIpc) is 3.42. The molecule has 5 aromatic rings. The predicted molar refractivity (Wildman–Crippen MR) is 167 cm³/mol. The topological polar surface area (TPSA) is 68.4 Å². The van der Waals surface area contributed by atoms with E-state index in [2.05, 4.69) is 35.5 Å². The molecule has 204 valence electrons. The summed E-state index contributed by atoms with van der Waals surface area (Å²) >= 11 is 7.54. The molecule has 3 heterocycles. The number of fused-ring (bicyclic) bond motifs is 2. The second kappa shape index (κ2) is 10.8. The number of aromatic nitrogens is 2. The third kappa shape index (κ3) is 4.77. The molecule has 1 unspecified atom stereocenters. The Labute approximate surface area is 245 Å². The van der Waals surface area contributed by atoms with Gasteiger partial charge in [0.05, 0.1) is 21.8 Å². The number of nitrogens with one attached hydrogen (secondary N) is 1. The van der Waals surface area contributed by atoms with Crippen LogP contribution in [-0.4, -0.2) is 15.0 Å². The summed E-state index contributed by atoms with van der Waals surface area (Å²) in [6, 6.07) is 24.0. The van der Waals surface area contributed by atoms with Crippen molar-refractivity contribution in [3.63, 3.8) is 0 Å². The molecule has 0 bridgehead atoms. The summed E-state index contributed by atoms with van der Waals surface area (Å²) in [6.45, 7) is 8.44. The molecule has 1 aliphatic heterocycles. The second-order valence-electron chi connectivity index (χ2n) is 9.87. The van der Waals surface area contributed by atoms with Crippen LogP contribution >= 0.6 is 22.9 Å². The molecule has 0 spiro atoms. The van der Waals surface area contributed by atoms with E-state index < -0.39 is 6.04 Å². The molecule has 6 rings (SSSR count). The van der Waals surface area contributed by atoms with Crippen molar-refractivity contribution in [3.8, 4) is 0 Å². The summed E-state index contributed by atoms with van der Waals surface area (Å²) in [6.07, 6.45) is 3.82. The maximum Gasteiger partial charge on any atom is 0.271 e. The molecular formula is C33H27ClN4O2S. The minimum atomic E-state index is -0.669. The van der Waals surface area contributed by atoms with Crippen LogP contribution < -0.4 is 20.2 Å². The summed E-state index contributed by atoms with van der Waals surface area (Å²) in [5.41, 5.74) is 5.31. The highest BCUT2D eigenvalue weighted by Gasteiger charge is 2.32. The van der Waals surface area contributed by atoms with Gasteiger partial charge in [-0.1, -0.05) is 77.5 Å². The van der Waals surface area contributed by atoms with Gasteiger partial charge in [-0.2, -0.15) is 0 Å². The summed E-state index contributed by atoms with van der Waals surface area (Å²) in [4.78, 5) is 33.2. The normalized spacial score (nSPS) is 15.1. The minimum absolute atomic E-state index is 0.203. The maximum absolute atomic E-state index is 14.2. The van der Waals surface area contributed by atoms with Crippen LogP contribution in [0.3, 0.4) is 0 Å². The Hall–Kier alpha value is -4.46. The molecule has 0 aliphatic carbocycles. The van der Waals surface area contributed by atoms with Crippen molar-refractivity contribution in [2.45, 2.75) is 26.4 Å². The van der Waals surface area contributed by atoms with Crippen LogP contribution in [0.2, 0.25) is 5.02 Å². The first-order valence-electron chi connectivity index (χ1n) is 13.2. The van der Waals surface area contributed by atoms with E-state index in [1.807, 2.05) is 73.7 Å². The SMILES string of the molecule is C=CCn1c(C)c(/C=c2/sc3n(c2=O)C(c2ccc(Cl)cc2)C(C(=O)Nc2ccccc2)=C(C)N=3)c2ccccc21. The lowest BCUT2D eigenvalue weighted by Gasteiger charge is -2.25. The summed E-state index contributed by atoms with van der Waals surface area (Å²) in [5.74, 6) is -0.310. The number of rotatable bonds is 6. The zero-order chi connectivity index (χ0) is 28.7. The highest BCUT2D eigenvalue weighted by molar-refractivity contribution is 7.07. The minimum Gasteiger partial charge on any atom is -0.340 e. The zero-order valence-corrected chi connectivity index (χ0v) is 24.2. The van der Waals surface area contributed by atoms with E-state index in [4.69, 9.17) is 16.6 Å². The van der Waals surface area contributed by atoms with Crippen molar-refractivity contribution in [3.05, 3.63) is 144 Å². The van der Waals surface area contributed by atoms with Gasteiger partial charge in [-0.25, -0.2) is 4.99 Å². The van der Waals surface area contributed by atoms with Crippen LogP contribution in [0, 0.1) is 6.92 Å². The van der Waals surface area contributed by atoms with E-state index in [1.165, 1.54) is 11.3 Å². The van der Waals surface area contributed by atoms with Crippen LogP contribution in [-0.2, 0) is 11.3 Å². The number of para-hydroxylation sites is 2. The molecule has 1 aliphatic rings. The van der Waals surface area contributed by atoms with E-state index in [-0.39, 0.29) is 11.5 Å². The summed E-state index contributed by atoms with van der Waals surface area (Å²) in [5, 5.41) is 4.61. The first-order chi connectivity index (χ1) is 19.9. The van der Waals surface area contributed by atoms with E-state index in [9.17, 15) is 9.59 Å². The summed E-state index contributed by atoms with van der Waals surface area (Å²) in [7, 11) is 0. The fraction of sp³-hybridized carbons (Fsp3) is 0.121. The van der Waals surface area contributed by atoms with E-state index in [0.717, 1.165) is 27.7 Å². The molecule has 6 nitrogen and oxygen atoms in total. The standard InChI is InChI=1S/C33H27ClN4O2S/c1-4-18-37-21(3)26(25-12-8-9-13-27(25)37)19-28-32(40)38-30(22-14-16-23(34)17-15-22)29(20(2)35-33(38)41-28)31(39)36-24-10-6-5-7-11-24/h4-17,19,30H,1,18H2,2-3H3,(H,36,39)/b28-19+. The van der Waals surface area contributed by atoms with Gasteiger partial charge < -0.3 is 9.88 Å². The number of carbonyl (C=O) groups is 1. The van der Waals surface area contributed by atoms with Gasteiger partial charge in [-0.15, -0.1) is 6.58 Å². The lowest BCUT2D eigenvalue weighted by Crippen LogP contribution is -2.40. The number of amides is 1. The number of carbonyl (C=O) groups excluding carboxylic acids is 1. The van der Waals surface area contributed by atoms with Gasteiger partial charge in [-0.3, -0.25) is 14.2 Å². The zero-order valence-electron chi connectivity index (χ0n) is 22.6. The first-order valence-corrected chi connectivity index (χ1v) is 14.4. The van der Waals surface area contributed by atoms with Gasteiger partial charge in [0.15, 0.2) is 4.80 Å². The highest BCUT2D eigenvalue weighted by atomic mass is 35.5. The van der Waals surface area contributed by atoms with Gasteiger partial charge in [-0.05, 0) is 55.8 Å². The Bertz CT molecular complexity index is 2030. The third-order valence-corrected chi connectivity index (χ3v) is 8.59. The molecule has 0 radical (unpaired) electrons. The Balaban J connectivity index is 1.55. The number of hydrogen-bond donors (Lipinski definition) is 1. The number of benzene rings is 3. The van der Waals surface area contributed by atoms with Gasteiger partial charge in [0.1, 0.15) is 0 Å². The van der Waals surface area contributed by atoms with Gasteiger partial charge in [0.25, 0.3) is 11.5 Å². The van der Waals surface area contributed by atoms with Crippen molar-refractivity contribution in [2.24, 2.45) is 4.99 Å². The van der Waals surface area contributed by atoms with Crippen LogP contribution in [0.1, 0.15) is 29.8 Å². The number of halogens is 1. The van der Waals surface area contributed by atoms with Crippen molar-refractivity contribution < 1.29 is 4.79 Å². The van der Waals surface area contributed by atoms with Crippen LogP contribution in [0.5, 0.6) is 0 Å². The Morgan fingerprint density at radius 1 is 1.05 bits per heavy atom. The molecule has 41 heavy (non-hydrogen) atoms. The van der Waals surface area contributed by atoms with Crippen LogP contribution in [0.15, 0.2) is 113 Å². The third-order valence-electron chi connectivity index (χ3n) is 7.35. The van der Waals surface area contributed by atoms with Crippen LogP contribution in [0.25, 0.3) is 17.0 Å². The average molecular weight is 579 g/mol. The highest BCUT2D eigenvalue weighted by Crippen LogP contribution is 2.32. The lowest BCUT2D eigenvalue weighted by molar-refractivity contribution is -0.113. The second-order valence-corrected chi connectivity index (χ2v) is 11.3.